The first-order chi connectivity index (χ1) is 12.2. The van der Waals surface area contributed by atoms with Gasteiger partial charge in [-0.2, -0.15) is 0 Å². The molecule has 0 amide bonds. The maximum Gasteiger partial charge on any atom is 0.376 e. The Morgan fingerprint density at radius 2 is 1.54 bits per heavy atom. The number of hydrogen-bond donors (Lipinski definition) is 3. The van der Waals surface area contributed by atoms with Crippen molar-refractivity contribution in [2.24, 2.45) is 0 Å². The second-order valence-electron chi connectivity index (χ2n) is 7.08. The largest absolute Gasteiger partial charge is 0.466 e. The van der Waals surface area contributed by atoms with Crippen LogP contribution in [-0.4, -0.2) is 89.0 Å². The molecule has 0 aromatic carbocycles. The van der Waals surface area contributed by atoms with Gasteiger partial charge in [-0.15, -0.1) is 0 Å². The van der Waals surface area contributed by atoms with E-state index in [1.807, 2.05) is 9.62 Å². The van der Waals surface area contributed by atoms with Crippen molar-refractivity contribution >= 4 is 25.9 Å². The van der Waals surface area contributed by atoms with Crippen molar-refractivity contribution in [3.63, 3.8) is 0 Å². The van der Waals surface area contributed by atoms with E-state index < -0.39 is 19.7 Å². The lowest BCUT2D eigenvalue weighted by Gasteiger charge is -2.38. The number of ketones is 1. The van der Waals surface area contributed by atoms with Crippen molar-refractivity contribution in [2.45, 2.75) is 58.3 Å². The molecule has 148 valence electrons. The molecule has 0 atom stereocenters. The fourth-order valence-electron chi connectivity index (χ4n) is 3.12. The first-order valence-electron chi connectivity index (χ1n) is 9.41. The molecule has 0 aliphatic carbocycles. The summed E-state index contributed by atoms with van der Waals surface area (Å²) in [6.45, 7) is 8.17. The van der Waals surface area contributed by atoms with Gasteiger partial charge in [0.05, 0.1) is 18.6 Å². The topological polar surface area (TPSA) is 111 Å². The highest BCUT2D eigenvalue weighted by Gasteiger charge is 2.36. The highest BCUT2D eigenvalue weighted by molar-refractivity contribution is 6.45. The van der Waals surface area contributed by atoms with Crippen LogP contribution < -0.4 is 0 Å². The lowest BCUT2D eigenvalue weighted by atomic mass is 9.78. The van der Waals surface area contributed by atoms with Crippen LogP contribution in [0.1, 0.15) is 39.0 Å². The van der Waals surface area contributed by atoms with E-state index in [1.54, 1.807) is 20.6 Å². The smallest absolute Gasteiger partial charge is 0.376 e. The van der Waals surface area contributed by atoms with E-state index in [-0.39, 0.29) is 12.4 Å². The molecule has 2 aliphatic heterocycles. The zero-order valence-electron chi connectivity index (χ0n) is 16.2. The molecule has 0 spiro atoms. The quantitative estimate of drug-likeness (QED) is 0.445. The van der Waals surface area contributed by atoms with Crippen molar-refractivity contribution in [3.8, 4) is 0 Å². The van der Waals surface area contributed by atoms with Crippen LogP contribution in [0.4, 0.5) is 0 Å². The van der Waals surface area contributed by atoms with Gasteiger partial charge in [0.15, 0.2) is 0 Å². The molecule has 8 nitrogen and oxygen atoms in total. The second kappa shape index (κ2) is 11.0. The van der Waals surface area contributed by atoms with Crippen molar-refractivity contribution in [3.05, 3.63) is 0 Å². The molecule has 3 N–H and O–H groups in total. The minimum atomic E-state index is -0.961. The standard InChI is InChI=1S/C10H20BNO4.C6H12BNO2/c1-3-16-9(13)8-10(14)4-6-12(7-5-10)11(2)15;1-7(10)8-4-2-6(9)3-5-8/h14-15H,3-8H2,1-2H3;10H,2-5H2,1H3. The van der Waals surface area contributed by atoms with E-state index in [2.05, 4.69) is 0 Å². The Labute approximate surface area is 156 Å². The first-order valence-corrected chi connectivity index (χ1v) is 9.41. The number of ether oxygens (including phenoxy) is 1. The number of rotatable bonds is 5. The number of Topliss-reactive ketones (excluding diaryl/α,β-unsaturated/α-hetero) is 1. The fraction of sp³-hybridized carbons (Fsp3) is 0.875. The van der Waals surface area contributed by atoms with Gasteiger partial charge in [-0.3, -0.25) is 9.59 Å². The number of piperidine rings is 2. The number of nitrogens with zero attached hydrogens (tertiary/aromatic N) is 2. The van der Waals surface area contributed by atoms with E-state index >= 15 is 0 Å². The van der Waals surface area contributed by atoms with Crippen LogP contribution in [-0.2, 0) is 14.3 Å². The van der Waals surface area contributed by atoms with Crippen LogP contribution in [0.15, 0.2) is 0 Å². The second-order valence-corrected chi connectivity index (χ2v) is 7.08. The molecule has 0 radical (unpaired) electrons. The summed E-state index contributed by atoms with van der Waals surface area (Å²) >= 11 is 0. The van der Waals surface area contributed by atoms with Crippen molar-refractivity contribution in [1.29, 1.82) is 0 Å². The van der Waals surface area contributed by atoms with E-state index in [1.165, 1.54) is 0 Å². The van der Waals surface area contributed by atoms with Crippen molar-refractivity contribution in [1.82, 2.24) is 9.62 Å². The number of carbonyl (C=O) groups excluding carboxylic acids is 2. The van der Waals surface area contributed by atoms with Crippen LogP contribution in [0.3, 0.4) is 0 Å². The van der Waals surface area contributed by atoms with Crippen molar-refractivity contribution < 1.29 is 29.5 Å². The Kier molecular flexibility index (Phi) is 9.81. The van der Waals surface area contributed by atoms with Gasteiger partial charge >= 0.3 is 20.1 Å². The fourth-order valence-corrected chi connectivity index (χ4v) is 3.12. The number of esters is 1. The van der Waals surface area contributed by atoms with Gasteiger partial charge in [0, 0.05) is 12.8 Å². The summed E-state index contributed by atoms with van der Waals surface area (Å²) in [6.07, 6.45) is 2.25. The number of hydrogen-bond acceptors (Lipinski definition) is 8. The third kappa shape index (κ3) is 8.18. The molecule has 2 rings (SSSR count). The highest BCUT2D eigenvalue weighted by Crippen LogP contribution is 2.26. The molecule has 2 fully saturated rings. The predicted molar refractivity (Wildman–Crippen MR) is 100 cm³/mol. The normalized spacial score (nSPS) is 20.8. The average Bonchev–Trinajstić information content (AvgIpc) is 2.56. The van der Waals surface area contributed by atoms with E-state index in [9.17, 15) is 19.7 Å². The van der Waals surface area contributed by atoms with Gasteiger partial charge in [-0.05, 0) is 59.6 Å². The van der Waals surface area contributed by atoms with Crippen LogP contribution in [0, 0.1) is 0 Å². The van der Waals surface area contributed by atoms with Gasteiger partial charge in [-0.25, -0.2) is 0 Å². The average molecular weight is 370 g/mol. The summed E-state index contributed by atoms with van der Waals surface area (Å²) in [5, 5.41) is 28.6. The highest BCUT2D eigenvalue weighted by atomic mass is 16.5. The Bertz CT molecular complexity index is 446. The predicted octanol–water partition coefficient (Wildman–Crippen LogP) is -0.362. The molecular weight excluding hydrogens is 338 g/mol. The van der Waals surface area contributed by atoms with E-state index in [0.29, 0.717) is 51.2 Å². The Morgan fingerprint density at radius 3 is 1.96 bits per heavy atom. The minimum Gasteiger partial charge on any atom is -0.466 e. The number of aliphatic hydroxyl groups is 1. The summed E-state index contributed by atoms with van der Waals surface area (Å²) in [6, 6.07) is 0. The lowest BCUT2D eigenvalue weighted by molar-refractivity contribution is -0.150. The molecule has 0 unspecified atom stereocenters. The van der Waals surface area contributed by atoms with Crippen LogP contribution in [0.2, 0.25) is 13.6 Å². The molecule has 10 heteroatoms. The minimum absolute atomic E-state index is 0.0501. The zero-order valence-corrected chi connectivity index (χ0v) is 16.2. The van der Waals surface area contributed by atoms with Gasteiger partial charge in [-0.1, -0.05) is 0 Å². The van der Waals surface area contributed by atoms with Crippen molar-refractivity contribution in [2.75, 3.05) is 32.8 Å². The molecule has 2 aliphatic rings. The maximum atomic E-state index is 11.3. The van der Waals surface area contributed by atoms with Gasteiger partial charge in [0.25, 0.3) is 0 Å². The van der Waals surface area contributed by atoms with Crippen LogP contribution in [0.5, 0.6) is 0 Å². The molecule has 0 aromatic heterocycles. The van der Waals surface area contributed by atoms with Gasteiger partial charge < -0.3 is 29.5 Å². The molecule has 0 aromatic rings. The van der Waals surface area contributed by atoms with Gasteiger partial charge in [0.2, 0.25) is 0 Å². The lowest BCUT2D eigenvalue weighted by Crippen LogP contribution is -2.50. The summed E-state index contributed by atoms with van der Waals surface area (Å²) in [5.41, 5.74) is -0.961. The molecule has 26 heavy (non-hydrogen) atoms. The number of carbonyl (C=O) groups is 2. The maximum absolute atomic E-state index is 11.3. The monoisotopic (exact) mass is 370 g/mol. The molecule has 2 saturated heterocycles. The molecular formula is C16H32B2N2O6. The molecule has 0 saturated carbocycles. The summed E-state index contributed by atoms with van der Waals surface area (Å²) in [7, 11) is -0.889. The summed E-state index contributed by atoms with van der Waals surface area (Å²) < 4.78 is 4.82. The third-order valence-electron chi connectivity index (χ3n) is 4.92. The first kappa shape index (κ1) is 23.1. The van der Waals surface area contributed by atoms with E-state index in [0.717, 1.165) is 13.1 Å². The Hall–Kier alpha value is -0.930. The Balaban J connectivity index is 0.000000289. The van der Waals surface area contributed by atoms with E-state index in [4.69, 9.17) is 9.76 Å². The summed E-state index contributed by atoms with van der Waals surface area (Å²) in [5.74, 6) is -0.0348. The van der Waals surface area contributed by atoms with Crippen LogP contribution in [0.25, 0.3) is 0 Å². The zero-order chi connectivity index (χ0) is 19.7. The summed E-state index contributed by atoms with van der Waals surface area (Å²) in [4.78, 5) is 25.8. The van der Waals surface area contributed by atoms with Crippen LogP contribution >= 0.6 is 0 Å². The molecule has 0 bridgehead atoms. The SMILES string of the molecule is CB(O)N1CCC(=O)CC1.CCOC(=O)CC1(O)CCN(B(C)O)CC1. The Morgan fingerprint density at radius 1 is 1.08 bits per heavy atom. The van der Waals surface area contributed by atoms with Gasteiger partial charge in [0.1, 0.15) is 5.78 Å². The third-order valence-corrected chi connectivity index (χ3v) is 4.92. The molecule has 2 heterocycles.